The molecule has 210 valence electrons. The second-order valence-electron chi connectivity index (χ2n) is 10.3. The summed E-state index contributed by atoms with van der Waals surface area (Å²) in [5.74, 6) is 0.257. The molecule has 8 heteroatoms. The maximum Gasteiger partial charge on any atom is 0.252 e. The van der Waals surface area contributed by atoms with Crippen LogP contribution in [0.4, 0.5) is 4.39 Å². The van der Waals surface area contributed by atoms with Gasteiger partial charge < -0.3 is 20.3 Å². The van der Waals surface area contributed by atoms with Crippen LogP contribution in [0.5, 0.6) is 5.75 Å². The van der Waals surface area contributed by atoms with E-state index in [2.05, 4.69) is 50.8 Å². The molecule has 2 aliphatic heterocycles. The molecule has 0 aliphatic carbocycles. The molecule has 2 aliphatic rings. The lowest BCUT2D eigenvalue weighted by atomic mass is 9.83. The fourth-order valence-corrected chi connectivity index (χ4v) is 6.04. The summed E-state index contributed by atoms with van der Waals surface area (Å²) >= 11 is 9.83. The number of carbonyl (C=O) groups is 1. The number of likely N-dealkylation sites (N-methyl/N-ethyl adjacent to an activating group) is 1. The van der Waals surface area contributed by atoms with Crippen LogP contribution in [0.2, 0.25) is 5.02 Å². The Hall–Kier alpha value is -2.71. The Balaban J connectivity index is 1.31. The number of nitrogens with zero attached hydrogens (tertiary/aromatic N) is 1. The van der Waals surface area contributed by atoms with Gasteiger partial charge in [-0.2, -0.15) is 0 Å². The molecule has 5 nitrogen and oxygen atoms in total. The molecule has 0 spiro atoms. The van der Waals surface area contributed by atoms with E-state index in [1.807, 2.05) is 36.1 Å². The third-order valence-electron chi connectivity index (χ3n) is 7.58. The monoisotopic (exact) mass is 625 g/mol. The van der Waals surface area contributed by atoms with Crippen molar-refractivity contribution in [1.29, 1.82) is 0 Å². The molecule has 2 heterocycles. The highest BCUT2D eigenvalue weighted by molar-refractivity contribution is 9.10. The molecule has 3 aromatic rings. The lowest BCUT2D eigenvalue weighted by molar-refractivity contribution is -0.128. The lowest BCUT2D eigenvalue weighted by Gasteiger charge is -2.40. The molecule has 2 bridgehead atoms. The van der Waals surface area contributed by atoms with E-state index in [0.717, 1.165) is 59.1 Å². The Kier molecular flexibility index (Phi) is 9.58. The summed E-state index contributed by atoms with van der Waals surface area (Å²) in [7, 11) is 0. The molecule has 2 atom stereocenters. The van der Waals surface area contributed by atoms with Gasteiger partial charge in [0.25, 0.3) is 5.91 Å². The Bertz CT molecular complexity index is 1380. The van der Waals surface area contributed by atoms with E-state index in [4.69, 9.17) is 16.3 Å². The molecule has 1 saturated heterocycles. The third-order valence-corrected chi connectivity index (χ3v) is 8.61. The molecule has 0 radical (unpaired) electrons. The van der Waals surface area contributed by atoms with Gasteiger partial charge in [0.05, 0.1) is 17.1 Å². The first-order valence-electron chi connectivity index (χ1n) is 13.8. The van der Waals surface area contributed by atoms with E-state index < -0.39 is 0 Å². The second kappa shape index (κ2) is 13.3. The first kappa shape index (κ1) is 28.8. The van der Waals surface area contributed by atoms with E-state index in [0.29, 0.717) is 36.5 Å². The maximum atomic E-state index is 14.0. The fraction of sp³-hybridized carbons (Fsp3) is 0.344. The Labute approximate surface area is 248 Å². The van der Waals surface area contributed by atoms with Crippen molar-refractivity contribution in [1.82, 2.24) is 15.5 Å². The molecule has 0 saturated carbocycles. The lowest BCUT2D eigenvalue weighted by Crippen LogP contribution is -2.59. The Morgan fingerprint density at radius 2 is 1.93 bits per heavy atom. The molecule has 1 amide bonds. The van der Waals surface area contributed by atoms with Gasteiger partial charge in [-0.15, -0.1) is 0 Å². The van der Waals surface area contributed by atoms with Crippen LogP contribution in [0, 0.1) is 5.82 Å². The number of rotatable bonds is 10. The molecule has 2 unspecified atom stereocenters. The maximum absolute atomic E-state index is 14.0. The van der Waals surface area contributed by atoms with E-state index in [9.17, 15) is 9.18 Å². The Morgan fingerprint density at radius 3 is 2.70 bits per heavy atom. The summed E-state index contributed by atoms with van der Waals surface area (Å²) in [5.41, 5.74) is 5.22. The first-order chi connectivity index (χ1) is 19.4. The van der Waals surface area contributed by atoms with Crippen molar-refractivity contribution in [3.05, 3.63) is 104 Å². The summed E-state index contributed by atoms with van der Waals surface area (Å²) in [6, 6.07) is 21.0. The smallest absolute Gasteiger partial charge is 0.252 e. The standard InChI is InChI=1S/C32H34BrClFN3O2/c1-2-38(20-23-7-3-4-8-28(23)34)32(39)31-26(17-25-18-36-19-29(31)37-25)22-11-9-21(10-12-22)6-5-15-40-30-16-24(35)13-14-27(30)33/h3-4,7-14,16,25,29,36-37H,2,5-6,15,17-20H2,1H3. The zero-order chi connectivity index (χ0) is 28.1. The van der Waals surface area contributed by atoms with Gasteiger partial charge in [-0.3, -0.25) is 4.79 Å². The topological polar surface area (TPSA) is 53.6 Å². The van der Waals surface area contributed by atoms with Crippen LogP contribution in [-0.4, -0.2) is 49.1 Å². The van der Waals surface area contributed by atoms with Gasteiger partial charge in [-0.1, -0.05) is 54.1 Å². The second-order valence-corrected chi connectivity index (χ2v) is 11.6. The van der Waals surface area contributed by atoms with Crippen molar-refractivity contribution < 1.29 is 13.9 Å². The van der Waals surface area contributed by atoms with Gasteiger partial charge in [-0.05, 0) is 82.6 Å². The van der Waals surface area contributed by atoms with Crippen molar-refractivity contribution in [2.24, 2.45) is 0 Å². The zero-order valence-corrected chi connectivity index (χ0v) is 24.9. The number of amides is 1. The molecule has 0 aromatic heterocycles. The van der Waals surface area contributed by atoms with Crippen molar-refractivity contribution in [2.45, 2.75) is 44.8 Å². The molecule has 2 N–H and O–H groups in total. The minimum absolute atomic E-state index is 0.0331. The van der Waals surface area contributed by atoms with Gasteiger partial charge in [0.2, 0.25) is 0 Å². The number of halogens is 3. The van der Waals surface area contributed by atoms with Crippen LogP contribution in [0.3, 0.4) is 0 Å². The minimum Gasteiger partial charge on any atom is -0.492 e. The van der Waals surface area contributed by atoms with Gasteiger partial charge in [-0.25, -0.2) is 4.39 Å². The van der Waals surface area contributed by atoms with Crippen LogP contribution in [0.25, 0.3) is 5.57 Å². The third kappa shape index (κ3) is 6.77. The van der Waals surface area contributed by atoms with Crippen molar-refractivity contribution in [3.8, 4) is 5.75 Å². The quantitative estimate of drug-likeness (QED) is 0.256. The van der Waals surface area contributed by atoms with Crippen LogP contribution in [0.1, 0.15) is 36.5 Å². The zero-order valence-electron chi connectivity index (χ0n) is 22.6. The molecule has 3 aromatic carbocycles. The normalized spacial score (nSPS) is 18.5. The van der Waals surface area contributed by atoms with E-state index in [1.165, 1.54) is 17.7 Å². The molecule has 1 fully saturated rings. The summed E-state index contributed by atoms with van der Waals surface area (Å²) in [6.45, 7) is 5.19. The predicted molar refractivity (Wildman–Crippen MR) is 162 cm³/mol. The Morgan fingerprint density at radius 1 is 1.12 bits per heavy atom. The number of carbonyl (C=O) groups excluding carboxylic acids is 1. The molecule has 5 rings (SSSR count). The number of piperazine rings is 1. The minimum atomic E-state index is -0.315. The summed E-state index contributed by atoms with van der Waals surface area (Å²) in [5, 5.41) is 7.84. The van der Waals surface area contributed by atoms with Crippen LogP contribution < -0.4 is 15.4 Å². The summed E-state index contributed by atoms with van der Waals surface area (Å²) < 4.78 is 20.0. The van der Waals surface area contributed by atoms with Crippen LogP contribution >= 0.6 is 27.5 Å². The van der Waals surface area contributed by atoms with Gasteiger partial charge in [0, 0.05) is 48.9 Å². The van der Waals surface area contributed by atoms with E-state index in [-0.39, 0.29) is 17.8 Å². The van der Waals surface area contributed by atoms with Gasteiger partial charge in [0.15, 0.2) is 0 Å². The molecule has 40 heavy (non-hydrogen) atoms. The van der Waals surface area contributed by atoms with Crippen molar-refractivity contribution in [2.75, 3.05) is 26.2 Å². The largest absolute Gasteiger partial charge is 0.492 e. The summed E-state index contributed by atoms with van der Waals surface area (Å²) in [4.78, 5) is 15.9. The van der Waals surface area contributed by atoms with E-state index >= 15 is 0 Å². The highest BCUT2D eigenvalue weighted by Gasteiger charge is 2.37. The van der Waals surface area contributed by atoms with Crippen molar-refractivity contribution >= 4 is 39.0 Å². The summed E-state index contributed by atoms with van der Waals surface area (Å²) in [6.07, 6.45) is 2.45. The number of ether oxygens (including phenoxy) is 1. The van der Waals surface area contributed by atoms with Crippen LogP contribution in [-0.2, 0) is 17.8 Å². The van der Waals surface area contributed by atoms with Gasteiger partial charge in [0.1, 0.15) is 11.6 Å². The molecular weight excluding hydrogens is 593 g/mol. The fourth-order valence-electron chi connectivity index (χ4n) is 5.49. The number of nitrogens with one attached hydrogen (secondary N) is 2. The number of aryl methyl sites for hydroxylation is 1. The van der Waals surface area contributed by atoms with Gasteiger partial charge >= 0.3 is 0 Å². The number of benzene rings is 3. The number of hydrogen-bond acceptors (Lipinski definition) is 4. The highest BCUT2D eigenvalue weighted by atomic mass is 79.9. The van der Waals surface area contributed by atoms with Crippen molar-refractivity contribution in [3.63, 3.8) is 0 Å². The van der Waals surface area contributed by atoms with Crippen LogP contribution in [0.15, 0.2) is 76.8 Å². The first-order valence-corrected chi connectivity index (χ1v) is 15.0. The number of hydrogen-bond donors (Lipinski definition) is 2. The molecular formula is C32H34BrClFN3O2. The van der Waals surface area contributed by atoms with E-state index in [1.54, 1.807) is 6.07 Å². The SMILES string of the molecule is CCN(Cc1ccccc1Cl)C(=O)C1=C(c2ccc(CCCOc3cc(F)ccc3Br)cc2)CC2CNCC1N2. The predicted octanol–water partition coefficient (Wildman–Crippen LogP) is 6.39. The average molecular weight is 627 g/mol. The highest BCUT2D eigenvalue weighted by Crippen LogP contribution is 2.33. The average Bonchev–Trinajstić information content (AvgIpc) is 2.96. The number of fused-ring (bicyclic) bond motifs is 2.